The summed E-state index contributed by atoms with van der Waals surface area (Å²) in [5, 5.41) is 3.26. The van der Waals surface area contributed by atoms with E-state index in [4.69, 9.17) is 21.1 Å². The largest absolute Gasteiger partial charge is 0.489 e. The highest BCUT2D eigenvalue weighted by Crippen LogP contribution is 2.40. The van der Waals surface area contributed by atoms with Crippen molar-refractivity contribution in [2.75, 3.05) is 19.0 Å². The van der Waals surface area contributed by atoms with E-state index >= 15 is 0 Å². The molecule has 1 aromatic heterocycles. The number of carbonyl (C=O) groups excluding carboxylic acids is 1. The number of aromatic nitrogens is 2. The van der Waals surface area contributed by atoms with E-state index in [0.717, 1.165) is 25.7 Å². The number of carbonyl (C=O) groups is 1. The Morgan fingerprint density at radius 2 is 2.00 bits per heavy atom. The summed E-state index contributed by atoms with van der Waals surface area (Å²) in [4.78, 5) is 29.7. The van der Waals surface area contributed by atoms with Crippen LogP contribution in [0.1, 0.15) is 68.8 Å². The first-order valence-electron chi connectivity index (χ1n) is 11.2. The lowest BCUT2D eigenvalue weighted by atomic mass is 9.73. The van der Waals surface area contributed by atoms with Crippen LogP contribution in [-0.4, -0.2) is 46.8 Å². The number of esters is 1. The molecule has 174 valence electrons. The maximum Gasteiger partial charge on any atom is 0.361 e. The molecule has 1 N–H and O–H groups in total. The van der Waals surface area contributed by atoms with Crippen molar-refractivity contribution in [3.8, 4) is 5.75 Å². The normalized spacial score (nSPS) is 25.6. The maximum absolute atomic E-state index is 14.3. The molecule has 4 unspecified atom stereocenters. The van der Waals surface area contributed by atoms with Gasteiger partial charge in [0.15, 0.2) is 5.69 Å². The van der Waals surface area contributed by atoms with Crippen LogP contribution >= 0.6 is 11.6 Å². The van der Waals surface area contributed by atoms with Gasteiger partial charge in [-0.3, -0.25) is 9.36 Å². The predicted molar refractivity (Wildman–Crippen MR) is 118 cm³/mol. The molecule has 0 radical (unpaired) electrons. The third-order valence-corrected chi connectivity index (χ3v) is 7.13. The smallest absolute Gasteiger partial charge is 0.361 e. The molecule has 0 bridgehead atoms. The van der Waals surface area contributed by atoms with Crippen molar-refractivity contribution in [1.82, 2.24) is 9.55 Å². The second-order valence-electron chi connectivity index (χ2n) is 8.56. The van der Waals surface area contributed by atoms with Gasteiger partial charge in [-0.05, 0) is 50.9 Å². The Hall–Kier alpha value is -1.83. The van der Waals surface area contributed by atoms with Gasteiger partial charge in [0.2, 0.25) is 11.7 Å². The number of ether oxygens (including phenoxy) is 2. The molecule has 1 heterocycles. The molecule has 31 heavy (non-hydrogen) atoms. The third kappa shape index (κ3) is 5.33. The standard InChI is InChI=1S/C22H33ClFN3O4/c1-4-31-21(29)18-19(30-3)20(28)27(2)22(26-18)25-17(13-8-6-5-7-9-13)15-12-14(24)10-11-16(15)23/h13-17H,4-12H2,1-3H3,(H,25,26). The predicted octanol–water partition coefficient (Wildman–Crippen LogP) is 4.07. The minimum atomic E-state index is -0.879. The lowest BCUT2D eigenvalue weighted by Gasteiger charge is -2.41. The highest BCUT2D eigenvalue weighted by molar-refractivity contribution is 6.20. The van der Waals surface area contributed by atoms with Crippen LogP contribution in [0.4, 0.5) is 10.3 Å². The van der Waals surface area contributed by atoms with E-state index in [9.17, 15) is 14.0 Å². The van der Waals surface area contributed by atoms with Gasteiger partial charge in [-0.1, -0.05) is 19.3 Å². The first-order chi connectivity index (χ1) is 14.9. The highest BCUT2D eigenvalue weighted by atomic mass is 35.5. The summed E-state index contributed by atoms with van der Waals surface area (Å²) in [6.07, 6.45) is 6.07. The zero-order valence-corrected chi connectivity index (χ0v) is 19.3. The van der Waals surface area contributed by atoms with Crippen molar-refractivity contribution in [3.05, 3.63) is 16.0 Å². The molecule has 3 rings (SSSR count). The Morgan fingerprint density at radius 1 is 1.29 bits per heavy atom. The van der Waals surface area contributed by atoms with Gasteiger partial charge in [-0.15, -0.1) is 11.6 Å². The van der Waals surface area contributed by atoms with E-state index in [1.807, 2.05) is 0 Å². The van der Waals surface area contributed by atoms with E-state index < -0.39 is 17.7 Å². The van der Waals surface area contributed by atoms with Crippen molar-refractivity contribution in [3.63, 3.8) is 0 Å². The maximum atomic E-state index is 14.3. The van der Waals surface area contributed by atoms with Gasteiger partial charge in [0.05, 0.1) is 13.7 Å². The van der Waals surface area contributed by atoms with Gasteiger partial charge in [0.1, 0.15) is 6.17 Å². The average Bonchev–Trinajstić information content (AvgIpc) is 2.77. The van der Waals surface area contributed by atoms with Crippen LogP contribution in [0.15, 0.2) is 4.79 Å². The number of hydrogen-bond acceptors (Lipinski definition) is 6. The van der Waals surface area contributed by atoms with Crippen molar-refractivity contribution in [2.45, 2.75) is 75.9 Å². The van der Waals surface area contributed by atoms with Gasteiger partial charge in [-0.25, -0.2) is 14.2 Å². The summed E-state index contributed by atoms with van der Waals surface area (Å²) < 4.78 is 25.9. The molecule has 7 nitrogen and oxygen atoms in total. The molecule has 0 amide bonds. The summed E-state index contributed by atoms with van der Waals surface area (Å²) in [5.74, 6) is -0.411. The molecular weight excluding hydrogens is 425 g/mol. The van der Waals surface area contributed by atoms with Gasteiger partial charge in [0, 0.05) is 18.5 Å². The van der Waals surface area contributed by atoms with Crippen molar-refractivity contribution in [1.29, 1.82) is 0 Å². The summed E-state index contributed by atoms with van der Waals surface area (Å²) in [7, 11) is 2.89. The summed E-state index contributed by atoms with van der Waals surface area (Å²) >= 11 is 6.68. The van der Waals surface area contributed by atoms with Crippen LogP contribution in [0.2, 0.25) is 0 Å². The summed E-state index contributed by atoms with van der Waals surface area (Å²) in [5.41, 5.74) is -0.647. The average molecular weight is 458 g/mol. The lowest BCUT2D eigenvalue weighted by Crippen LogP contribution is -2.46. The second-order valence-corrected chi connectivity index (χ2v) is 9.12. The second kappa shape index (κ2) is 10.7. The zero-order chi connectivity index (χ0) is 22.5. The number of nitrogens with one attached hydrogen (secondary N) is 1. The number of anilines is 1. The molecular formula is C22H33ClFN3O4. The fourth-order valence-corrected chi connectivity index (χ4v) is 5.32. The summed E-state index contributed by atoms with van der Waals surface area (Å²) in [6.45, 7) is 1.83. The zero-order valence-electron chi connectivity index (χ0n) is 18.5. The SMILES string of the molecule is CCOC(=O)c1nc(NC(C2CCCCC2)C2CC(F)CCC2Cl)n(C)c(=O)c1OC. The number of nitrogens with zero attached hydrogens (tertiary/aromatic N) is 2. The van der Waals surface area contributed by atoms with Crippen LogP contribution < -0.4 is 15.6 Å². The Morgan fingerprint density at radius 3 is 2.65 bits per heavy atom. The van der Waals surface area contributed by atoms with Gasteiger partial charge < -0.3 is 14.8 Å². The van der Waals surface area contributed by atoms with Crippen LogP contribution in [0.25, 0.3) is 0 Å². The molecule has 9 heteroatoms. The minimum Gasteiger partial charge on any atom is -0.489 e. The number of halogens is 2. The molecule has 2 aliphatic carbocycles. The van der Waals surface area contributed by atoms with Crippen molar-refractivity contribution in [2.24, 2.45) is 18.9 Å². The molecule has 4 atom stereocenters. The van der Waals surface area contributed by atoms with Gasteiger partial charge in [-0.2, -0.15) is 0 Å². The first-order valence-corrected chi connectivity index (χ1v) is 11.7. The van der Waals surface area contributed by atoms with E-state index in [0.29, 0.717) is 25.2 Å². The fraction of sp³-hybridized carbons (Fsp3) is 0.773. The van der Waals surface area contributed by atoms with Crippen LogP contribution in [0.3, 0.4) is 0 Å². The number of hydrogen-bond donors (Lipinski definition) is 1. The van der Waals surface area contributed by atoms with Gasteiger partial charge >= 0.3 is 5.97 Å². The Balaban J connectivity index is 1.99. The van der Waals surface area contributed by atoms with Crippen molar-refractivity contribution < 1.29 is 18.7 Å². The molecule has 0 aliphatic heterocycles. The highest BCUT2D eigenvalue weighted by Gasteiger charge is 2.39. The first kappa shape index (κ1) is 23.8. The van der Waals surface area contributed by atoms with Crippen LogP contribution in [0.5, 0.6) is 5.75 Å². The monoisotopic (exact) mass is 457 g/mol. The summed E-state index contributed by atoms with van der Waals surface area (Å²) in [6, 6.07) is -0.136. The van der Waals surface area contributed by atoms with E-state index in [1.54, 1.807) is 14.0 Å². The lowest BCUT2D eigenvalue weighted by molar-refractivity contribution is 0.0514. The van der Waals surface area contributed by atoms with E-state index in [2.05, 4.69) is 10.3 Å². The Labute approximate surface area is 187 Å². The molecule has 2 fully saturated rings. The third-order valence-electron chi connectivity index (χ3n) is 6.59. The quantitative estimate of drug-likeness (QED) is 0.491. The van der Waals surface area contributed by atoms with E-state index in [1.165, 1.54) is 18.1 Å². The van der Waals surface area contributed by atoms with Crippen molar-refractivity contribution >= 4 is 23.5 Å². The Bertz CT molecular complexity index is 828. The fourth-order valence-electron chi connectivity index (χ4n) is 4.94. The molecule has 1 aromatic rings. The molecule has 0 aromatic carbocycles. The molecule has 2 aliphatic rings. The molecule has 0 spiro atoms. The van der Waals surface area contributed by atoms with Crippen LogP contribution in [-0.2, 0) is 11.8 Å². The molecule has 2 saturated carbocycles. The number of alkyl halides is 2. The minimum absolute atomic E-state index is 0.0847. The molecule has 0 saturated heterocycles. The Kier molecular flexibility index (Phi) is 8.19. The van der Waals surface area contributed by atoms with E-state index in [-0.39, 0.29) is 41.3 Å². The topological polar surface area (TPSA) is 82.5 Å². The van der Waals surface area contributed by atoms with Gasteiger partial charge in [0.25, 0.3) is 5.56 Å². The number of rotatable bonds is 7. The number of methoxy groups -OCH3 is 1. The van der Waals surface area contributed by atoms with Crippen LogP contribution in [0, 0.1) is 11.8 Å².